The number of piperidine rings is 1. The lowest BCUT2D eigenvalue weighted by Crippen LogP contribution is -2.49. The molecule has 8 nitrogen and oxygen atoms in total. The van der Waals surface area contributed by atoms with Crippen molar-refractivity contribution in [2.24, 2.45) is 4.99 Å². The van der Waals surface area contributed by atoms with E-state index in [2.05, 4.69) is 44.8 Å². The maximum atomic E-state index is 11.5. The lowest BCUT2D eigenvalue weighted by atomic mass is 9.99. The fourth-order valence-electron chi connectivity index (χ4n) is 3.39. The molecule has 2 rings (SSSR count). The molecule has 0 radical (unpaired) electrons. The number of guanidine groups is 1. The van der Waals surface area contributed by atoms with Crippen LogP contribution in [0.3, 0.4) is 0 Å². The summed E-state index contributed by atoms with van der Waals surface area (Å²) in [6, 6.07) is 2.39. The van der Waals surface area contributed by atoms with Gasteiger partial charge >= 0.3 is 0 Å². The van der Waals surface area contributed by atoms with Gasteiger partial charge in [0.15, 0.2) is 11.7 Å². The van der Waals surface area contributed by atoms with Gasteiger partial charge in [-0.15, -0.1) is 0 Å². The monoisotopic (exact) mass is 378 g/mol. The third-order valence-corrected chi connectivity index (χ3v) is 5.21. The molecular formula is C19H34N6O2. The highest BCUT2D eigenvalue weighted by Gasteiger charge is 2.21. The van der Waals surface area contributed by atoms with Crippen molar-refractivity contribution in [1.29, 1.82) is 0 Å². The Kier molecular flexibility index (Phi) is 8.57. The lowest BCUT2D eigenvalue weighted by molar-refractivity contribution is -0.122. The molecule has 1 aliphatic rings. The molecule has 152 valence electrons. The number of aromatic nitrogens is 1. The van der Waals surface area contributed by atoms with E-state index in [0.29, 0.717) is 25.0 Å². The molecular weight excluding hydrogens is 344 g/mol. The van der Waals surface area contributed by atoms with E-state index in [4.69, 9.17) is 4.52 Å². The second-order valence-electron chi connectivity index (χ2n) is 7.03. The first-order chi connectivity index (χ1) is 13.1. The zero-order chi connectivity index (χ0) is 19.6. The molecule has 27 heavy (non-hydrogen) atoms. The summed E-state index contributed by atoms with van der Waals surface area (Å²) in [6.07, 6.45) is 4.10. The van der Waals surface area contributed by atoms with Crippen LogP contribution in [0.15, 0.2) is 15.6 Å². The summed E-state index contributed by atoms with van der Waals surface area (Å²) >= 11 is 0. The first kappa shape index (κ1) is 21.2. The molecule has 1 amide bonds. The lowest BCUT2D eigenvalue weighted by Gasteiger charge is -2.32. The summed E-state index contributed by atoms with van der Waals surface area (Å²) in [5.74, 6) is 2.11. The van der Waals surface area contributed by atoms with Gasteiger partial charge in [-0.1, -0.05) is 19.0 Å². The summed E-state index contributed by atoms with van der Waals surface area (Å²) in [6.45, 7) is 7.19. The van der Waals surface area contributed by atoms with Crippen LogP contribution >= 0.6 is 0 Å². The van der Waals surface area contributed by atoms with Gasteiger partial charge in [-0.2, -0.15) is 0 Å². The predicted molar refractivity (Wildman–Crippen MR) is 107 cm³/mol. The molecule has 1 aromatic heterocycles. The Bertz CT molecular complexity index is 603. The van der Waals surface area contributed by atoms with E-state index in [1.54, 1.807) is 14.1 Å². The summed E-state index contributed by atoms with van der Waals surface area (Å²) in [7, 11) is 3.44. The van der Waals surface area contributed by atoms with Crippen LogP contribution < -0.4 is 16.0 Å². The van der Waals surface area contributed by atoms with E-state index in [9.17, 15) is 4.79 Å². The van der Waals surface area contributed by atoms with Crippen LogP contribution in [0.4, 0.5) is 0 Å². The fraction of sp³-hybridized carbons (Fsp3) is 0.737. The van der Waals surface area contributed by atoms with Gasteiger partial charge in [0.1, 0.15) is 0 Å². The molecule has 0 unspecified atom stereocenters. The van der Waals surface area contributed by atoms with Crippen molar-refractivity contribution in [2.75, 3.05) is 33.7 Å². The number of hydrogen-bond acceptors (Lipinski definition) is 5. The van der Waals surface area contributed by atoms with Crippen LogP contribution in [-0.2, 0) is 11.3 Å². The highest BCUT2D eigenvalue weighted by atomic mass is 16.5. The van der Waals surface area contributed by atoms with Gasteiger partial charge in [0.2, 0.25) is 5.91 Å². The predicted octanol–water partition coefficient (Wildman–Crippen LogP) is 1.45. The van der Waals surface area contributed by atoms with Crippen LogP contribution in [-0.4, -0.2) is 61.7 Å². The largest absolute Gasteiger partial charge is 0.359 e. The molecule has 2 heterocycles. The van der Waals surface area contributed by atoms with Crippen LogP contribution in [0.5, 0.6) is 0 Å². The average Bonchev–Trinajstić information content (AvgIpc) is 3.16. The van der Waals surface area contributed by atoms with Crippen LogP contribution in [0, 0.1) is 0 Å². The highest BCUT2D eigenvalue weighted by molar-refractivity contribution is 5.80. The second kappa shape index (κ2) is 10.9. The Morgan fingerprint density at radius 2 is 2.07 bits per heavy atom. The molecule has 0 saturated carbocycles. The Labute approximate surface area is 162 Å². The molecule has 1 fully saturated rings. The number of rotatable bonds is 8. The van der Waals surface area contributed by atoms with Gasteiger partial charge in [-0.05, 0) is 25.7 Å². The van der Waals surface area contributed by atoms with E-state index in [1.807, 2.05) is 6.07 Å². The van der Waals surface area contributed by atoms with Crippen molar-refractivity contribution in [3.05, 3.63) is 17.5 Å². The van der Waals surface area contributed by atoms with Gasteiger partial charge in [0.05, 0.1) is 18.8 Å². The molecule has 0 aromatic carbocycles. The fourth-order valence-corrected chi connectivity index (χ4v) is 3.39. The van der Waals surface area contributed by atoms with Gasteiger partial charge in [-0.25, -0.2) is 0 Å². The standard InChI is InChI=1S/C19H34N6O2/c1-5-14(6-2)17-11-16(27-24-17)12-22-19(21-4)23-15-7-9-25(10-8-15)13-18(26)20-3/h11,14-15H,5-10,12-13H2,1-4H3,(H,20,26)(H2,21,22,23). The summed E-state index contributed by atoms with van der Waals surface area (Å²) in [5, 5.41) is 13.6. The number of amides is 1. The maximum Gasteiger partial charge on any atom is 0.233 e. The number of nitrogens with one attached hydrogen (secondary N) is 3. The molecule has 0 aliphatic carbocycles. The van der Waals surface area contributed by atoms with Gasteiger partial charge in [-0.3, -0.25) is 14.7 Å². The molecule has 8 heteroatoms. The van der Waals surface area contributed by atoms with Crippen molar-refractivity contribution in [2.45, 2.75) is 58.0 Å². The van der Waals surface area contributed by atoms with Gasteiger partial charge < -0.3 is 20.5 Å². The Hall–Kier alpha value is -2.09. The zero-order valence-corrected chi connectivity index (χ0v) is 17.0. The van der Waals surface area contributed by atoms with Crippen molar-refractivity contribution in [3.8, 4) is 0 Å². The molecule has 1 aliphatic heterocycles. The molecule has 0 spiro atoms. The number of carbonyl (C=O) groups is 1. The molecule has 0 bridgehead atoms. The third kappa shape index (κ3) is 6.53. The smallest absolute Gasteiger partial charge is 0.233 e. The van der Waals surface area contributed by atoms with Crippen LogP contribution in [0.25, 0.3) is 0 Å². The number of likely N-dealkylation sites (tertiary alicyclic amines) is 1. The van der Waals surface area contributed by atoms with E-state index >= 15 is 0 Å². The number of hydrogen-bond donors (Lipinski definition) is 3. The van der Waals surface area contributed by atoms with Crippen molar-refractivity contribution in [1.82, 2.24) is 26.0 Å². The second-order valence-corrected chi connectivity index (χ2v) is 7.03. The van der Waals surface area contributed by atoms with Gasteiger partial charge in [0, 0.05) is 45.2 Å². The van der Waals surface area contributed by atoms with E-state index in [1.165, 1.54) is 0 Å². The first-order valence-electron chi connectivity index (χ1n) is 9.95. The Morgan fingerprint density at radius 3 is 2.67 bits per heavy atom. The number of carbonyl (C=O) groups excluding carboxylic acids is 1. The molecule has 1 saturated heterocycles. The van der Waals surface area contributed by atoms with E-state index in [-0.39, 0.29) is 5.91 Å². The molecule has 3 N–H and O–H groups in total. The minimum Gasteiger partial charge on any atom is -0.359 e. The number of aliphatic imine (C=N–C) groups is 1. The van der Waals surface area contributed by atoms with Crippen molar-refractivity contribution in [3.63, 3.8) is 0 Å². The topological polar surface area (TPSA) is 94.8 Å². The van der Waals surface area contributed by atoms with Crippen LogP contribution in [0.1, 0.15) is 56.9 Å². The van der Waals surface area contributed by atoms with Crippen molar-refractivity contribution >= 4 is 11.9 Å². The van der Waals surface area contributed by atoms with Crippen LogP contribution in [0.2, 0.25) is 0 Å². The minimum atomic E-state index is 0.0682. The maximum absolute atomic E-state index is 11.5. The molecule has 1 aromatic rings. The Balaban J connectivity index is 1.76. The molecule has 0 atom stereocenters. The van der Waals surface area contributed by atoms with E-state index < -0.39 is 0 Å². The van der Waals surface area contributed by atoms with E-state index in [0.717, 1.165) is 56.2 Å². The summed E-state index contributed by atoms with van der Waals surface area (Å²) in [5.41, 5.74) is 1.03. The Morgan fingerprint density at radius 1 is 1.37 bits per heavy atom. The van der Waals surface area contributed by atoms with Gasteiger partial charge in [0.25, 0.3) is 0 Å². The summed E-state index contributed by atoms with van der Waals surface area (Å²) in [4.78, 5) is 18.0. The normalized spacial score (nSPS) is 16.6. The number of likely N-dealkylation sites (N-methyl/N-ethyl adjacent to an activating group) is 1. The number of nitrogens with zero attached hydrogens (tertiary/aromatic N) is 3. The van der Waals surface area contributed by atoms with Crippen molar-refractivity contribution < 1.29 is 9.32 Å². The average molecular weight is 379 g/mol. The highest BCUT2D eigenvalue weighted by Crippen LogP contribution is 2.22. The summed E-state index contributed by atoms with van der Waals surface area (Å²) < 4.78 is 5.46. The quantitative estimate of drug-likeness (QED) is 0.468. The zero-order valence-electron chi connectivity index (χ0n) is 17.0. The first-order valence-corrected chi connectivity index (χ1v) is 9.95. The third-order valence-electron chi connectivity index (χ3n) is 5.21. The SMILES string of the molecule is CCC(CC)c1cc(CNC(=NC)NC2CCN(CC(=O)NC)CC2)on1. The minimum absolute atomic E-state index is 0.0682.